The lowest BCUT2D eigenvalue weighted by atomic mass is 10.2. The number of amides is 1. The fourth-order valence-corrected chi connectivity index (χ4v) is 4.47. The van der Waals surface area contributed by atoms with Gasteiger partial charge in [0.25, 0.3) is 5.91 Å². The first-order valence-corrected chi connectivity index (χ1v) is 11.3. The SMILES string of the molecule is CCOCCn1c(=NC(=O)c2cc3ccccc3oc2=O)sc2cc(C(=O)OCC)ccc21. The highest BCUT2D eigenvalue weighted by Crippen LogP contribution is 2.20. The van der Waals surface area contributed by atoms with Gasteiger partial charge < -0.3 is 18.5 Å². The van der Waals surface area contributed by atoms with Crippen LogP contribution in [0.4, 0.5) is 0 Å². The third-order valence-electron chi connectivity index (χ3n) is 4.93. The van der Waals surface area contributed by atoms with E-state index in [1.54, 1.807) is 49.4 Å². The minimum Gasteiger partial charge on any atom is -0.462 e. The molecule has 0 N–H and O–H groups in total. The van der Waals surface area contributed by atoms with Gasteiger partial charge >= 0.3 is 11.6 Å². The lowest BCUT2D eigenvalue weighted by Gasteiger charge is -2.06. The number of hydrogen-bond donors (Lipinski definition) is 0. The van der Waals surface area contributed by atoms with Crippen molar-refractivity contribution in [2.75, 3.05) is 19.8 Å². The van der Waals surface area contributed by atoms with E-state index in [9.17, 15) is 14.4 Å². The predicted molar refractivity (Wildman–Crippen MR) is 125 cm³/mol. The van der Waals surface area contributed by atoms with Crippen molar-refractivity contribution in [2.45, 2.75) is 20.4 Å². The van der Waals surface area contributed by atoms with E-state index in [1.807, 2.05) is 11.5 Å². The minimum atomic E-state index is -0.742. The Hall–Kier alpha value is -3.56. The number of aromatic nitrogens is 1. The van der Waals surface area contributed by atoms with Gasteiger partial charge in [-0.15, -0.1) is 0 Å². The quantitative estimate of drug-likeness (QED) is 0.234. The van der Waals surface area contributed by atoms with Crippen LogP contribution >= 0.6 is 11.3 Å². The van der Waals surface area contributed by atoms with Gasteiger partial charge in [0.15, 0.2) is 4.80 Å². The highest BCUT2D eigenvalue weighted by molar-refractivity contribution is 7.16. The van der Waals surface area contributed by atoms with Crippen LogP contribution in [0.15, 0.2) is 62.7 Å². The van der Waals surface area contributed by atoms with E-state index in [0.29, 0.717) is 41.1 Å². The second-order valence-corrected chi connectivity index (χ2v) is 8.05. The molecule has 0 aliphatic rings. The standard InChI is InChI=1S/C24H22N2O6S/c1-3-30-12-11-26-18-10-9-16(22(28)31-4-2)14-20(18)33-24(26)25-21(27)17-13-15-7-5-6-8-19(15)32-23(17)29/h5-10,13-14H,3-4,11-12H2,1-2H3. The molecule has 33 heavy (non-hydrogen) atoms. The van der Waals surface area contributed by atoms with E-state index >= 15 is 0 Å². The lowest BCUT2D eigenvalue weighted by molar-refractivity contribution is 0.0526. The zero-order chi connectivity index (χ0) is 23.4. The molecule has 0 saturated heterocycles. The van der Waals surface area contributed by atoms with E-state index in [0.717, 1.165) is 10.2 Å². The molecule has 2 aromatic heterocycles. The number of fused-ring (bicyclic) bond motifs is 2. The number of nitrogens with zero attached hydrogens (tertiary/aromatic N) is 2. The molecule has 0 fully saturated rings. The number of esters is 1. The van der Waals surface area contributed by atoms with Gasteiger partial charge in [0, 0.05) is 18.5 Å². The molecule has 0 atom stereocenters. The highest BCUT2D eigenvalue weighted by Gasteiger charge is 2.16. The zero-order valence-corrected chi connectivity index (χ0v) is 19.0. The van der Waals surface area contributed by atoms with Gasteiger partial charge in [0.2, 0.25) is 0 Å². The summed E-state index contributed by atoms with van der Waals surface area (Å²) >= 11 is 1.24. The first-order chi connectivity index (χ1) is 16.0. The summed E-state index contributed by atoms with van der Waals surface area (Å²) in [5, 5.41) is 0.635. The molecule has 4 rings (SSSR count). The summed E-state index contributed by atoms with van der Waals surface area (Å²) in [5.41, 5.74) is 0.725. The number of benzene rings is 2. The number of para-hydroxylation sites is 1. The number of hydrogen-bond acceptors (Lipinski definition) is 7. The summed E-state index contributed by atoms with van der Waals surface area (Å²) in [6, 6.07) is 13.6. The molecule has 2 heterocycles. The van der Waals surface area contributed by atoms with E-state index in [2.05, 4.69) is 4.99 Å². The molecule has 0 bridgehead atoms. The fraction of sp³-hybridized carbons (Fsp3) is 0.250. The second-order valence-electron chi connectivity index (χ2n) is 7.04. The Morgan fingerprint density at radius 3 is 2.70 bits per heavy atom. The molecule has 8 nitrogen and oxygen atoms in total. The average Bonchev–Trinajstić information content (AvgIpc) is 3.15. The molecule has 0 unspecified atom stereocenters. The van der Waals surface area contributed by atoms with Gasteiger partial charge in [0.1, 0.15) is 11.1 Å². The maximum atomic E-state index is 13.0. The Bertz CT molecular complexity index is 1460. The Kier molecular flexibility index (Phi) is 6.81. The topological polar surface area (TPSA) is 100 Å². The van der Waals surface area contributed by atoms with Crippen molar-refractivity contribution in [3.63, 3.8) is 0 Å². The molecule has 0 aliphatic carbocycles. The van der Waals surface area contributed by atoms with Crippen LogP contribution < -0.4 is 10.4 Å². The Balaban J connectivity index is 1.81. The van der Waals surface area contributed by atoms with E-state index < -0.39 is 17.5 Å². The van der Waals surface area contributed by atoms with Gasteiger partial charge in [-0.05, 0) is 44.2 Å². The largest absolute Gasteiger partial charge is 0.462 e. The van der Waals surface area contributed by atoms with E-state index in [4.69, 9.17) is 13.9 Å². The van der Waals surface area contributed by atoms with Crippen LogP contribution in [-0.4, -0.2) is 36.3 Å². The molecule has 0 radical (unpaired) electrons. The van der Waals surface area contributed by atoms with Crippen molar-refractivity contribution in [2.24, 2.45) is 4.99 Å². The van der Waals surface area contributed by atoms with Crippen molar-refractivity contribution >= 4 is 44.4 Å². The van der Waals surface area contributed by atoms with Crippen molar-refractivity contribution in [1.29, 1.82) is 0 Å². The molecule has 9 heteroatoms. The summed E-state index contributed by atoms with van der Waals surface area (Å²) in [4.78, 5) is 42.1. The molecule has 2 aromatic carbocycles. The van der Waals surface area contributed by atoms with Crippen molar-refractivity contribution < 1.29 is 23.5 Å². The summed E-state index contributed by atoms with van der Waals surface area (Å²) < 4.78 is 18.4. The molecule has 4 aromatic rings. The maximum Gasteiger partial charge on any atom is 0.349 e. The van der Waals surface area contributed by atoms with Gasteiger partial charge in [-0.2, -0.15) is 4.99 Å². The Labute approximate surface area is 192 Å². The Morgan fingerprint density at radius 1 is 1.09 bits per heavy atom. The average molecular weight is 467 g/mol. The summed E-state index contributed by atoms with van der Waals surface area (Å²) in [6.45, 7) is 5.34. The monoisotopic (exact) mass is 466 g/mol. The number of rotatable bonds is 7. The second kappa shape index (κ2) is 9.93. The smallest absolute Gasteiger partial charge is 0.349 e. The van der Waals surface area contributed by atoms with Gasteiger partial charge in [0.05, 0.1) is 29.0 Å². The van der Waals surface area contributed by atoms with Crippen LogP contribution in [0.25, 0.3) is 21.2 Å². The number of ether oxygens (including phenoxy) is 2. The van der Waals surface area contributed by atoms with Crippen LogP contribution in [0.1, 0.15) is 34.6 Å². The minimum absolute atomic E-state index is 0.144. The third-order valence-corrected chi connectivity index (χ3v) is 5.97. The third kappa shape index (κ3) is 4.79. The van der Waals surface area contributed by atoms with E-state index in [1.165, 1.54) is 17.4 Å². The zero-order valence-electron chi connectivity index (χ0n) is 18.2. The molecule has 170 valence electrons. The highest BCUT2D eigenvalue weighted by atomic mass is 32.1. The van der Waals surface area contributed by atoms with Crippen molar-refractivity contribution in [1.82, 2.24) is 4.57 Å². The van der Waals surface area contributed by atoms with Gasteiger partial charge in [-0.3, -0.25) is 4.79 Å². The summed E-state index contributed by atoms with van der Waals surface area (Å²) in [7, 11) is 0. The normalized spacial score (nSPS) is 11.9. The molecule has 0 spiro atoms. The van der Waals surface area contributed by atoms with Crippen molar-refractivity contribution in [3.05, 3.63) is 74.9 Å². The van der Waals surface area contributed by atoms with E-state index in [-0.39, 0.29) is 12.2 Å². The first kappa shape index (κ1) is 22.6. The van der Waals surface area contributed by atoms with Gasteiger partial charge in [-0.1, -0.05) is 29.5 Å². The molecule has 0 aliphatic heterocycles. The Morgan fingerprint density at radius 2 is 1.91 bits per heavy atom. The molecule has 0 saturated carbocycles. The predicted octanol–water partition coefficient (Wildman–Crippen LogP) is 3.76. The van der Waals surface area contributed by atoms with Crippen LogP contribution in [0, 0.1) is 0 Å². The van der Waals surface area contributed by atoms with Gasteiger partial charge in [-0.25, -0.2) is 9.59 Å². The maximum absolute atomic E-state index is 13.0. The van der Waals surface area contributed by atoms with Crippen LogP contribution in [0.2, 0.25) is 0 Å². The summed E-state index contributed by atoms with van der Waals surface area (Å²) in [5.74, 6) is -1.12. The number of carbonyl (C=O) groups excluding carboxylic acids is 2. The summed E-state index contributed by atoms with van der Waals surface area (Å²) in [6.07, 6.45) is 0. The van der Waals surface area contributed by atoms with Crippen LogP contribution in [-0.2, 0) is 16.0 Å². The first-order valence-electron chi connectivity index (χ1n) is 10.5. The number of carbonyl (C=O) groups is 2. The molecular formula is C24H22N2O6S. The molecular weight excluding hydrogens is 444 g/mol. The number of thiazole rings is 1. The van der Waals surface area contributed by atoms with Crippen molar-refractivity contribution in [3.8, 4) is 0 Å². The van der Waals surface area contributed by atoms with Crippen LogP contribution in [0.5, 0.6) is 0 Å². The van der Waals surface area contributed by atoms with Crippen LogP contribution in [0.3, 0.4) is 0 Å². The fourth-order valence-electron chi connectivity index (χ4n) is 3.37. The molecule has 1 amide bonds. The lowest BCUT2D eigenvalue weighted by Crippen LogP contribution is -2.21.